The third-order valence-electron chi connectivity index (χ3n) is 3.47. The summed E-state index contributed by atoms with van der Waals surface area (Å²) < 4.78 is 5.11. The van der Waals surface area contributed by atoms with E-state index in [1.54, 1.807) is 13.2 Å². The highest BCUT2D eigenvalue weighted by atomic mass is 16.5. The summed E-state index contributed by atoms with van der Waals surface area (Å²) in [5.74, 6) is 0.693. The molecule has 0 aliphatic heterocycles. The van der Waals surface area contributed by atoms with Gasteiger partial charge in [0, 0.05) is 25.8 Å². The molecule has 1 aliphatic carbocycles. The molecular weight excluding hydrogens is 228 g/mol. The summed E-state index contributed by atoms with van der Waals surface area (Å²) in [6, 6.07) is 0.230. The number of ketones is 1. The van der Waals surface area contributed by atoms with Crippen LogP contribution < -0.4 is 11.1 Å². The third-order valence-corrected chi connectivity index (χ3v) is 3.47. The number of unbranched alkanes of at least 4 members (excludes halogenated alkanes) is 1. The number of carbonyl (C=O) groups is 1. The lowest BCUT2D eigenvalue weighted by molar-refractivity contribution is -0.125. The minimum Gasteiger partial charge on any atom is -0.382 e. The number of rotatable bonds is 9. The van der Waals surface area contributed by atoms with Crippen molar-refractivity contribution in [1.82, 2.24) is 5.32 Å². The second-order valence-corrected chi connectivity index (χ2v) is 5.18. The average Bonchev–Trinajstić information content (AvgIpc) is 2.34. The molecule has 4 heteroatoms. The first-order valence-corrected chi connectivity index (χ1v) is 6.87. The fourth-order valence-corrected chi connectivity index (χ4v) is 2.33. The maximum absolute atomic E-state index is 11.2. The second-order valence-electron chi connectivity index (χ2n) is 5.18. The van der Waals surface area contributed by atoms with Crippen LogP contribution in [0, 0.1) is 5.92 Å². The van der Waals surface area contributed by atoms with Gasteiger partial charge in [-0.1, -0.05) is 33.1 Å². The van der Waals surface area contributed by atoms with Crippen LogP contribution in [0.1, 0.15) is 39.5 Å². The summed E-state index contributed by atoms with van der Waals surface area (Å²) in [7, 11) is 1.55. The number of carbonyl (C=O) groups excluding carboxylic acids is 1. The Labute approximate surface area is 110 Å². The average molecular weight is 254 g/mol. The molecule has 1 rings (SSSR count). The molecule has 0 bridgehead atoms. The molecule has 18 heavy (non-hydrogen) atoms. The van der Waals surface area contributed by atoms with E-state index < -0.39 is 6.10 Å². The molecule has 0 aromatic rings. The summed E-state index contributed by atoms with van der Waals surface area (Å²) in [5.41, 5.74) is 6.66. The lowest BCUT2D eigenvalue weighted by atomic mass is 9.94. The van der Waals surface area contributed by atoms with Crippen molar-refractivity contribution in [3.05, 3.63) is 11.8 Å². The Morgan fingerprint density at radius 1 is 1.56 bits per heavy atom. The van der Waals surface area contributed by atoms with E-state index in [1.807, 2.05) is 0 Å². The minimum atomic E-state index is -0.398. The lowest BCUT2D eigenvalue weighted by Crippen LogP contribution is -2.46. The fourth-order valence-electron chi connectivity index (χ4n) is 2.33. The Morgan fingerprint density at radius 3 is 2.78 bits per heavy atom. The molecule has 0 saturated carbocycles. The molecule has 4 nitrogen and oxygen atoms in total. The van der Waals surface area contributed by atoms with Crippen LogP contribution in [0.3, 0.4) is 0 Å². The van der Waals surface area contributed by atoms with Crippen LogP contribution in [0.25, 0.3) is 0 Å². The molecule has 104 valence electrons. The molecule has 0 heterocycles. The molecule has 0 saturated heterocycles. The highest BCUT2D eigenvalue weighted by molar-refractivity contribution is 6.03. The van der Waals surface area contributed by atoms with E-state index in [1.165, 1.54) is 19.3 Å². The zero-order valence-corrected chi connectivity index (χ0v) is 11.7. The Hall–Kier alpha value is -0.870. The molecule has 0 aromatic carbocycles. The predicted molar refractivity (Wildman–Crippen MR) is 73.2 cm³/mol. The number of hydrogen-bond acceptors (Lipinski definition) is 4. The van der Waals surface area contributed by atoms with Gasteiger partial charge in [-0.25, -0.2) is 0 Å². The topological polar surface area (TPSA) is 64.3 Å². The van der Waals surface area contributed by atoms with E-state index in [0.717, 1.165) is 12.1 Å². The summed E-state index contributed by atoms with van der Waals surface area (Å²) >= 11 is 0. The van der Waals surface area contributed by atoms with Gasteiger partial charge in [-0.05, 0) is 12.3 Å². The summed E-state index contributed by atoms with van der Waals surface area (Å²) in [5, 5.41) is 3.33. The molecular formula is C14H26N2O2. The maximum Gasteiger partial charge on any atom is 0.192 e. The molecule has 3 N–H and O–H groups in total. The first-order chi connectivity index (χ1) is 8.62. The van der Waals surface area contributed by atoms with Crippen molar-refractivity contribution >= 4 is 5.78 Å². The first-order valence-electron chi connectivity index (χ1n) is 6.87. The normalized spacial score (nSPS) is 22.1. The van der Waals surface area contributed by atoms with Gasteiger partial charge in [0.2, 0.25) is 0 Å². The van der Waals surface area contributed by atoms with Crippen molar-refractivity contribution in [3.8, 4) is 0 Å². The minimum absolute atomic E-state index is 0.0369. The Balaban J connectivity index is 2.38. The smallest absolute Gasteiger partial charge is 0.192 e. The molecule has 3 unspecified atom stereocenters. The summed E-state index contributed by atoms with van der Waals surface area (Å²) in [6.07, 6.45) is 5.98. The van der Waals surface area contributed by atoms with Gasteiger partial charge in [0.25, 0.3) is 0 Å². The van der Waals surface area contributed by atoms with E-state index in [-0.39, 0.29) is 11.8 Å². The quantitative estimate of drug-likeness (QED) is 0.656. The van der Waals surface area contributed by atoms with Crippen molar-refractivity contribution in [3.63, 3.8) is 0 Å². The number of ether oxygens (including phenoxy) is 1. The summed E-state index contributed by atoms with van der Waals surface area (Å²) in [4.78, 5) is 11.2. The molecule has 0 aromatic heterocycles. The fraction of sp³-hybridized carbons (Fsp3) is 0.786. The van der Waals surface area contributed by atoms with Crippen LogP contribution in [0.4, 0.5) is 0 Å². The first kappa shape index (κ1) is 15.2. The maximum atomic E-state index is 11.2. The van der Waals surface area contributed by atoms with Crippen molar-refractivity contribution in [1.29, 1.82) is 0 Å². The van der Waals surface area contributed by atoms with Gasteiger partial charge >= 0.3 is 0 Å². The number of hydrogen-bond donors (Lipinski definition) is 2. The van der Waals surface area contributed by atoms with Gasteiger partial charge in [-0.3, -0.25) is 4.79 Å². The number of nitrogens with one attached hydrogen (secondary N) is 1. The van der Waals surface area contributed by atoms with Gasteiger partial charge in [-0.2, -0.15) is 0 Å². The lowest BCUT2D eigenvalue weighted by Gasteiger charge is -2.30. The zero-order chi connectivity index (χ0) is 13.5. The summed E-state index contributed by atoms with van der Waals surface area (Å²) in [6.45, 7) is 5.05. The SMILES string of the molecule is CCCCC(C)CC(CN)NC1=CC(=O)C1OC. The van der Waals surface area contributed by atoms with Crippen LogP contribution in [-0.2, 0) is 9.53 Å². The van der Waals surface area contributed by atoms with Gasteiger partial charge in [0.15, 0.2) is 11.9 Å². The van der Waals surface area contributed by atoms with Crippen molar-refractivity contribution in [2.75, 3.05) is 13.7 Å². The Morgan fingerprint density at radius 2 is 2.28 bits per heavy atom. The molecule has 0 spiro atoms. The molecule has 0 amide bonds. The zero-order valence-electron chi connectivity index (χ0n) is 11.7. The van der Waals surface area contributed by atoms with Crippen molar-refractivity contribution in [2.24, 2.45) is 11.7 Å². The van der Waals surface area contributed by atoms with Crippen LogP contribution >= 0.6 is 0 Å². The predicted octanol–water partition coefficient (Wildman–Crippen LogP) is 1.60. The van der Waals surface area contributed by atoms with Crippen LogP contribution in [0.2, 0.25) is 0 Å². The van der Waals surface area contributed by atoms with Crippen LogP contribution in [-0.4, -0.2) is 31.6 Å². The second kappa shape index (κ2) is 7.54. The molecule has 1 aliphatic rings. The van der Waals surface area contributed by atoms with Crippen LogP contribution in [0.5, 0.6) is 0 Å². The molecule has 0 radical (unpaired) electrons. The highest BCUT2D eigenvalue weighted by Gasteiger charge is 2.31. The highest BCUT2D eigenvalue weighted by Crippen LogP contribution is 2.19. The van der Waals surface area contributed by atoms with Gasteiger partial charge < -0.3 is 15.8 Å². The Kier molecular flexibility index (Phi) is 6.36. The van der Waals surface area contributed by atoms with Gasteiger partial charge in [0.1, 0.15) is 0 Å². The number of nitrogens with two attached hydrogens (primary N) is 1. The van der Waals surface area contributed by atoms with Gasteiger partial charge in [0.05, 0.1) is 5.70 Å². The molecule has 3 atom stereocenters. The van der Waals surface area contributed by atoms with Crippen molar-refractivity contribution in [2.45, 2.75) is 51.7 Å². The molecule has 0 fully saturated rings. The standard InChI is InChI=1S/C14H26N2O2/c1-4-5-6-10(2)7-11(9-15)16-12-8-13(17)14(12)18-3/h8,10-11,14,16H,4-7,9,15H2,1-3H3. The third kappa shape index (κ3) is 4.10. The van der Waals surface area contributed by atoms with E-state index in [4.69, 9.17) is 10.5 Å². The van der Waals surface area contributed by atoms with Gasteiger partial charge in [-0.15, -0.1) is 0 Å². The monoisotopic (exact) mass is 254 g/mol. The van der Waals surface area contributed by atoms with E-state index >= 15 is 0 Å². The number of methoxy groups -OCH3 is 1. The van der Waals surface area contributed by atoms with E-state index in [0.29, 0.717) is 12.5 Å². The van der Waals surface area contributed by atoms with E-state index in [9.17, 15) is 4.79 Å². The largest absolute Gasteiger partial charge is 0.382 e. The Bertz CT molecular complexity index is 302. The van der Waals surface area contributed by atoms with Crippen molar-refractivity contribution < 1.29 is 9.53 Å². The van der Waals surface area contributed by atoms with Crippen LogP contribution in [0.15, 0.2) is 11.8 Å². The van der Waals surface area contributed by atoms with E-state index in [2.05, 4.69) is 19.2 Å².